The first-order chi connectivity index (χ1) is 15.1. The predicted octanol–water partition coefficient (Wildman–Crippen LogP) is 3.21. The van der Waals surface area contributed by atoms with Crippen molar-refractivity contribution in [3.63, 3.8) is 0 Å². The van der Waals surface area contributed by atoms with Crippen LogP contribution < -0.4 is 9.47 Å². The van der Waals surface area contributed by atoms with Crippen LogP contribution in [0.25, 0.3) is 0 Å². The molecule has 0 fully saturated rings. The van der Waals surface area contributed by atoms with Crippen LogP contribution in [-0.4, -0.2) is 62.6 Å². The van der Waals surface area contributed by atoms with E-state index in [1.807, 2.05) is 6.07 Å². The molecule has 162 valence electrons. The molecule has 0 aromatic heterocycles. The Morgan fingerprint density at radius 2 is 1.74 bits per heavy atom. The van der Waals surface area contributed by atoms with Crippen molar-refractivity contribution in [1.29, 1.82) is 0 Å². The molecule has 2 aliphatic rings. The molecule has 2 heterocycles. The monoisotopic (exact) mass is 426 g/mol. The minimum absolute atomic E-state index is 0.0463. The number of hydrogen-bond acceptors (Lipinski definition) is 9. The van der Waals surface area contributed by atoms with Gasteiger partial charge in [-0.2, -0.15) is 0 Å². The van der Waals surface area contributed by atoms with E-state index < -0.39 is 0 Å². The number of nitrogens with zero attached hydrogens (tertiary/aromatic N) is 4. The Hall–Kier alpha value is -3.50. The van der Waals surface area contributed by atoms with Crippen molar-refractivity contribution in [2.45, 2.75) is 6.54 Å². The van der Waals surface area contributed by atoms with Crippen LogP contribution in [-0.2, 0) is 16.0 Å². The second-order valence-corrected chi connectivity index (χ2v) is 6.84. The van der Waals surface area contributed by atoms with E-state index in [0.717, 1.165) is 5.56 Å². The van der Waals surface area contributed by atoms with Crippen LogP contribution in [0.4, 0.5) is 17.1 Å². The Morgan fingerprint density at radius 1 is 1.03 bits per heavy atom. The summed E-state index contributed by atoms with van der Waals surface area (Å²) in [6.45, 7) is 1.89. The molecule has 2 aliphatic heterocycles. The Balaban J connectivity index is 1.74. The molecule has 0 radical (unpaired) electrons. The van der Waals surface area contributed by atoms with Crippen LogP contribution in [0, 0.1) is 10.1 Å². The standard InChI is InChI=1S/C21H22N4O6/c1-28-6-8-30-19-10-14-17(11-20(19)31-9-7-29-2)22-13-24-12-15-16(23-21(14)24)4-3-5-18(15)25(26)27/h3-5,10-11,13H,6-9,12H2,1-2H3. The molecule has 0 N–H and O–H groups in total. The average molecular weight is 426 g/mol. The fourth-order valence-electron chi connectivity index (χ4n) is 3.40. The van der Waals surface area contributed by atoms with Crippen molar-refractivity contribution in [3.8, 4) is 11.5 Å². The van der Waals surface area contributed by atoms with Gasteiger partial charge in [0.25, 0.3) is 5.69 Å². The molecule has 0 bridgehead atoms. The molecular weight excluding hydrogens is 404 g/mol. The largest absolute Gasteiger partial charge is 0.487 e. The number of rotatable bonds is 9. The maximum atomic E-state index is 11.4. The molecule has 10 heteroatoms. The molecule has 0 saturated carbocycles. The fourth-order valence-corrected chi connectivity index (χ4v) is 3.40. The number of hydrogen-bond donors (Lipinski definition) is 0. The van der Waals surface area contributed by atoms with E-state index in [1.54, 1.807) is 43.7 Å². The van der Waals surface area contributed by atoms with Crippen molar-refractivity contribution in [2.24, 2.45) is 9.98 Å². The molecule has 31 heavy (non-hydrogen) atoms. The highest BCUT2D eigenvalue weighted by Gasteiger charge is 2.30. The zero-order valence-corrected chi connectivity index (χ0v) is 17.2. The molecular formula is C21H22N4O6. The van der Waals surface area contributed by atoms with Gasteiger partial charge in [-0.3, -0.25) is 10.1 Å². The van der Waals surface area contributed by atoms with Gasteiger partial charge < -0.3 is 23.8 Å². The highest BCUT2D eigenvalue weighted by molar-refractivity contribution is 6.13. The highest BCUT2D eigenvalue weighted by Crippen LogP contribution is 2.41. The molecule has 0 aliphatic carbocycles. The zero-order chi connectivity index (χ0) is 21.8. The molecule has 2 aromatic rings. The van der Waals surface area contributed by atoms with Gasteiger partial charge in [-0.15, -0.1) is 0 Å². The predicted molar refractivity (Wildman–Crippen MR) is 114 cm³/mol. The van der Waals surface area contributed by atoms with Crippen molar-refractivity contribution in [1.82, 2.24) is 4.90 Å². The lowest BCUT2D eigenvalue weighted by molar-refractivity contribution is -0.385. The average Bonchev–Trinajstić information content (AvgIpc) is 2.77. The number of fused-ring (bicyclic) bond motifs is 4. The van der Waals surface area contributed by atoms with Crippen molar-refractivity contribution < 1.29 is 23.9 Å². The lowest BCUT2D eigenvalue weighted by Crippen LogP contribution is -2.34. The van der Waals surface area contributed by atoms with Gasteiger partial charge in [-0.1, -0.05) is 6.07 Å². The van der Waals surface area contributed by atoms with Crippen molar-refractivity contribution in [2.75, 3.05) is 40.6 Å². The quantitative estimate of drug-likeness (QED) is 0.344. The minimum Gasteiger partial charge on any atom is -0.487 e. The molecule has 0 saturated heterocycles. The third-order valence-corrected chi connectivity index (χ3v) is 4.88. The smallest absolute Gasteiger partial charge is 0.276 e. The number of nitro benzene ring substituents is 1. The number of methoxy groups -OCH3 is 2. The summed E-state index contributed by atoms with van der Waals surface area (Å²) >= 11 is 0. The Bertz CT molecular complexity index is 1050. The Kier molecular flexibility index (Phi) is 6.10. The zero-order valence-electron chi connectivity index (χ0n) is 17.2. The molecule has 2 aromatic carbocycles. The summed E-state index contributed by atoms with van der Waals surface area (Å²) in [5.74, 6) is 1.74. The van der Waals surface area contributed by atoms with E-state index in [0.29, 0.717) is 67.2 Å². The van der Waals surface area contributed by atoms with Gasteiger partial charge in [0.15, 0.2) is 11.5 Å². The summed E-state index contributed by atoms with van der Waals surface area (Å²) < 4.78 is 21.8. The van der Waals surface area contributed by atoms with E-state index >= 15 is 0 Å². The molecule has 0 unspecified atom stereocenters. The Morgan fingerprint density at radius 3 is 2.42 bits per heavy atom. The van der Waals surface area contributed by atoms with Gasteiger partial charge >= 0.3 is 0 Å². The summed E-state index contributed by atoms with van der Waals surface area (Å²) in [7, 11) is 3.21. The maximum absolute atomic E-state index is 11.4. The van der Waals surface area contributed by atoms with E-state index in [1.165, 1.54) is 6.07 Å². The first-order valence-corrected chi connectivity index (χ1v) is 9.70. The summed E-state index contributed by atoms with van der Waals surface area (Å²) in [6.07, 6.45) is 1.63. The topological polar surface area (TPSA) is 108 Å². The fraction of sp³-hybridized carbons (Fsp3) is 0.333. The highest BCUT2D eigenvalue weighted by atomic mass is 16.6. The summed E-state index contributed by atoms with van der Waals surface area (Å²) in [5.41, 5.74) is 2.61. The third-order valence-electron chi connectivity index (χ3n) is 4.88. The molecule has 0 spiro atoms. The van der Waals surface area contributed by atoms with E-state index in [4.69, 9.17) is 23.9 Å². The van der Waals surface area contributed by atoms with E-state index in [-0.39, 0.29) is 10.6 Å². The van der Waals surface area contributed by atoms with Gasteiger partial charge in [0, 0.05) is 31.9 Å². The maximum Gasteiger partial charge on any atom is 0.276 e. The normalized spacial score (nSPS) is 13.7. The summed E-state index contributed by atoms with van der Waals surface area (Å²) in [4.78, 5) is 22.0. The molecule has 0 atom stereocenters. The van der Waals surface area contributed by atoms with Gasteiger partial charge in [0.1, 0.15) is 19.0 Å². The molecule has 4 rings (SSSR count). The second kappa shape index (κ2) is 9.11. The first-order valence-electron chi connectivity index (χ1n) is 9.70. The lowest BCUT2D eigenvalue weighted by Gasteiger charge is -2.30. The van der Waals surface area contributed by atoms with Crippen molar-refractivity contribution in [3.05, 3.63) is 51.6 Å². The lowest BCUT2D eigenvalue weighted by atomic mass is 10.0. The summed E-state index contributed by atoms with van der Waals surface area (Å²) in [5, 5.41) is 11.4. The van der Waals surface area contributed by atoms with E-state index in [2.05, 4.69) is 4.99 Å². The number of aliphatic imine (C=N–C) groups is 2. The number of amidine groups is 1. The van der Waals surface area contributed by atoms with Gasteiger partial charge in [0.05, 0.1) is 48.0 Å². The number of nitro groups is 1. The number of benzene rings is 2. The second-order valence-electron chi connectivity index (χ2n) is 6.84. The van der Waals surface area contributed by atoms with Gasteiger partial charge in [0.2, 0.25) is 0 Å². The molecule has 10 nitrogen and oxygen atoms in total. The van der Waals surface area contributed by atoms with Crippen LogP contribution in [0.5, 0.6) is 11.5 Å². The Labute approximate surface area is 178 Å². The summed E-state index contributed by atoms with van der Waals surface area (Å²) in [6, 6.07) is 8.53. The molecule has 0 amide bonds. The van der Waals surface area contributed by atoms with Crippen LogP contribution in [0.2, 0.25) is 0 Å². The first kappa shape index (κ1) is 20.8. The SMILES string of the molecule is COCCOc1cc2c(cc1OCCOC)C1=Nc3cccc([N+](=O)[O-])c3CN1C=N2. The minimum atomic E-state index is -0.389. The third kappa shape index (κ3) is 4.21. The van der Waals surface area contributed by atoms with Gasteiger partial charge in [-0.05, 0) is 12.1 Å². The van der Waals surface area contributed by atoms with Crippen LogP contribution in [0.1, 0.15) is 11.1 Å². The van der Waals surface area contributed by atoms with Gasteiger partial charge in [-0.25, -0.2) is 9.98 Å². The van der Waals surface area contributed by atoms with Crippen LogP contribution in [0.15, 0.2) is 40.3 Å². The van der Waals surface area contributed by atoms with Crippen LogP contribution in [0.3, 0.4) is 0 Å². The number of ether oxygens (including phenoxy) is 4. The van der Waals surface area contributed by atoms with E-state index in [9.17, 15) is 10.1 Å². The van der Waals surface area contributed by atoms with Crippen LogP contribution >= 0.6 is 0 Å². The van der Waals surface area contributed by atoms with Crippen molar-refractivity contribution >= 4 is 29.2 Å².